The summed E-state index contributed by atoms with van der Waals surface area (Å²) in [6.45, 7) is 6.24. The molecule has 4 rings (SSSR count). The van der Waals surface area contributed by atoms with Crippen molar-refractivity contribution in [3.63, 3.8) is 0 Å². The molecule has 1 aromatic carbocycles. The van der Waals surface area contributed by atoms with E-state index in [9.17, 15) is 13.2 Å². The van der Waals surface area contributed by atoms with Crippen LogP contribution in [-0.4, -0.2) is 42.9 Å². The number of piperidine rings is 1. The van der Waals surface area contributed by atoms with Crippen LogP contribution >= 0.6 is 0 Å². The van der Waals surface area contributed by atoms with Crippen LogP contribution in [0.15, 0.2) is 27.6 Å². The normalized spacial score (nSPS) is 20.6. The molecule has 1 saturated carbocycles. The van der Waals surface area contributed by atoms with Crippen molar-refractivity contribution in [2.45, 2.75) is 76.7 Å². The number of aryl methyl sites for hydroxylation is 3. The molecule has 8 heteroatoms. The Morgan fingerprint density at radius 1 is 1.09 bits per heavy atom. The fourth-order valence-electron chi connectivity index (χ4n) is 4.97. The van der Waals surface area contributed by atoms with Gasteiger partial charge in [-0.15, -0.1) is 0 Å². The van der Waals surface area contributed by atoms with Crippen LogP contribution in [0.5, 0.6) is 0 Å². The zero-order chi connectivity index (χ0) is 24.3. The van der Waals surface area contributed by atoms with Gasteiger partial charge in [-0.3, -0.25) is 4.79 Å². The maximum Gasteiger partial charge on any atom is 0.248 e. The molecule has 1 N–H and O–H groups in total. The summed E-state index contributed by atoms with van der Waals surface area (Å²) in [5, 5.41) is 7.11. The number of hydrogen-bond donors (Lipinski definition) is 1. The maximum atomic E-state index is 13.6. The Kier molecular flexibility index (Phi) is 7.57. The molecule has 1 atom stereocenters. The minimum absolute atomic E-state index is 0.0242. The predicted molar refractivity (Wildman–Crippen MR) is 133 cm³/mol. The van der Waals surface area contributed by atoms with E-state index in [-0.39, 0.29) is 35.1 Å². The topological polar surface area (TPSA) is 92.5 Å². The highest BCUT2D eigenvalue weighted by Crippen LogP contribution is 2.30. The number of carbonyl (C=O) groups excluding carboxylic acids is 1. The molecule has 0 radical (unpaired) electrons. The average Bonchev–Trinajstić information content (AvgIpc) is 3.21. The van der Waals surface area contributed by atoms with Crippen molar-refractivity contribution in [1.82, 2.24) is 14.8 Å². The number of nitrogens with one attached hydrogen (secondary N) is 1. The van der Waals surface area contributed by atoms with E-state index in [1.54, 1.807) is 13.0 Å². The molecule has 2 heterocycles. The summed E-state index contributed by atoms with van der Waals surface area (Å²) in [5.74, 6) is -0.143. The largest absolute Gasteiger partial charge is 0.355 e. The van der Waals surface area contributed by atoms with E-state index in [1.807, 2.05) is 38.1 Å². The monoisotopic (exact) mass is 485 g/mol. The lowest BCUT2D eigenvalue weighted by atomic mass is 9.93. The van der Waals surface area contributed by atoms with Gasteiger partial charge in [0.25, 0.3) is 0 Å². The molecule has 7 nitrogen and oxygen atoms in total. The molecule has 1 unspecified atom stereocenters. The van der Waals surface area contributed by atoms with Gasteiger partial charge in [-0.25, -0.2) is 8.42 Å². The minimum atomic E-state index is -3.86. The fourth-order valence-corrected chi connectivity index (χ4v) is 6.75. The van der Waals surface area contributed by atoms with Gasteiger partial charge in [0, 0.05) is 19.1 Å². The van der Waals surface area contributed by atoms with Gasteiger partial charge in [-0.05, 0) is 63.7 Å². The van der Waals surface area contributed by atoms with Crippen LogP contribution in [0.4, 0.5) is 0 Å². The Bertz CT molecular complexity index is 1160. The smallest absolute Gasteiger partial charge is 0.248 e. The number of nitrogens with zero attached hydrogens (tertiary/aromatic N) is 2. The lowest BCUT2D eigenvalue weighted by Crippen LogP contribution is -2.48. The van der Waals surface area contributed by atoms with E-state index >= 15 is 0 Å². The highest BCUT2D eigenvalue weighted by molar-refractivity contribution is 7.89. The Morgan fingerprint density at radius 3 is 2.62 bits per heavy atom. The molecule has 0 bridgehead atoms. The first kappa shape index (κ1) is 24.7. The molecular formula is C26H35N3O4S. The summed E-state index contributed by atoms with van der Waals surface area (Å²) in [7, 11) is -3.86. The molecule has 184 valence electrons. The minimum Gasteiger partial charge on any atom is -0.355 e. The van der Waals surface area contributed by atoms with Gasteiger partial charge in [-0.2, -0.15) is 4.31 Å². The maximum absolute atomic E-state index is 13.6. The number of aromatic nitrogens is 1. The number of rotatable bonds is 6. The summed E-state index contributed by atoms with van der Waals surface area (Å²) in [6, 6.07) is 6.34. The first-order chi connectivity index (χ1) is 16.3. The van der Waals surface area contributed by atoms with Gasteiger partial charge in [-0.1, -0.05) is 54.3 Å². The number of sulfonamides is 1. The van der Waals surface area contributed by atoms with E-state index in [2.05, 4.69) is 10.5 Å². The summed E-state index contributed by atoms with van der Waals surface area (Å²) < 4.78 is 34.1. The lowest BCUT2D eigenvalue weighted by Gasteiger charge is -2.32. The van der Waals surface area contributed by atoms with Gasteiger partial charge >= 0.3 is 0 Å². The van der Waals surface area contributed by atoms with Gasteiger partial charge in [0.2, 0.25) is 15.9 Å². The van der Waals surface area contributed by atoms with E-state index in [0.717, 1.165) is 42.4 Å². The predicted octanol–water partition coefficient (Wildman–Crippen LogP) is 4.62. The SMILES string of the molecule is Cc1ccc(C)c(/C=C/c2onc(C)c2S(=O)(=O)N2CCCC(C(=O)NC3CCCCC3)C2)c1. The van der Waals surface area contributed by atoms with Crippen molar-refractivity contribution >= 4 is 28.1 Å². The standard InChI is InChI=1S/C26H35N3O4S/c1-18-11-12-19(2)21(16-18)13-14-24-25(20(3)28-33-24)34(31,32)29-15-7-8-22(17-29)26(30)27-23-9-5-4-6-10-23/h11-14,16,22-23H,4-10,15,17H2,1-3H3,(H,27,30)/b14-13+. The Labute approximate surface area is 202 Å². The lowest BCUT2D eigenvalue weighted by molar-refractivity contribution is -0.127. The third kappa shape index (κ3) is 5.44. The van der Waals surface area contributed by atoms with Crippen molar-refractivity contribution in [1.29, 1.82) is 0 Å². The molecule has 1 amide bonds. The second kappa shape index (κ2) is 10.4. The second-order valence-corrected chi connectivity index (χ2v) is 11.6. The zero-order valence-electron chi connectivity index (χ0n) is 20.3. The first-order valence-corrected chi connectivity index (χ1v) is 13.7. The molecular weight excluding hydrogens is 450 g/mol. The molecule has 1 aromatic heterocycles. The quantitative estimate of drug-likeness (QED) is 0.645. The first-order valence-electron chi connectivity index (χ1n) is 12.3. The molecule has 34 heavy (non-hydrogen) atoms. The van der Waals surface area contributed by atoms with Crippen LogP contribution in [0.3, 0.4) is 0 Å². The Morgan fingerprint density at radius 2 is 1.85 bits per heavy atom. The fraction of sp³-hybridized carbons (Fsp3) is 0.538. The number of carbonyl (C=O) groups is 1. The number of benzene rings is 1. The van der Waals surface area contributed by atoms with Gasteiger partial charge < -0.3 is 9.84 Å². The van der Waals surface area contributed by atoms with Gasteiger partial charge in [0.05, 0.1) is 5.92 Å². The van der Waals surface area contributed by atoms with E-state index in [0.29, 0.717) is 25.1 Å². The van der Waals surface area contributed by atoms with Crippen LogP contribution in [0.25, 0.3) is 12.2 Å². The van der Waals surface area contributed by atoms with Crippen LogP contribution in [0, 0.1) is 26.7 Å². The summed E-state index contributed by atoms with van der Waals surface area (Å²) in [5.41, 5.74) is 3.53. The zero-order valence-corrected chi connectivity index (χ0v) is 21.2. The molecule has 2 aromatic rings. The van der Waals surface area contributed by atoms with Crippen LogP contribution in [0.2, 0.25) is 0 Å². The third-order valence-electron chi connectivity index (χ3n) is 6.99. The summed E-state index contributed by atoms with van der Waals surface area (Å²) in [6.07, 6.45) is 10.4. The summed E-state index contributed by atoms with van der Waals surface area (Å²) in [4.78, 5) is 13.0. The Hall–Kier alpha value is -2.45. The van der Waals surface area contributed by atoms with Crippen LogP contribution in [-0.2, 0) is 14.8 Å². The van der Waals surface area contributed by atoms with Crippen molar-refractivity contribution < 1.29 is 17.7 Å². The number of hydrogen-bond acceptors (Lipinski definition) is 5. The Balaban J connectivity index is 1.52. The van der Waals surface area contributed by atoms with Gasteiger partial charge in [0.15, 0.2) is 10.7 Å². The van der Waals surface area contributed by atoms with Crippen molar-refractivity contribution in [3.05, 3.63) is 46.3 Å². The summed E-state index contributed by atoms with van der Waals surface area (Å²) >= 11 is 0. The van der Waals surface area contributed by atoms with Crippen LogP contribution in [0.1, 0.15) is 73.1 Å². The van der Waals surface area contributed by atoms with Crippen molar-refractivity contribution in [3.8, 4) is 0 Å². The molecule has 2 fully saturated rings. The van der Waals surface area contributed by atoms with E-state index < -0.39 is 10.0 Å². The third-order valence-corrected chi connectivity index (χ3v) is 9.01. The molecule has 2 aliphatic rings. The molecule has 1 aliphatic carbocycles. The average molecular weight is 486 g/mol. The van der Waals surface area contributed by atoms with Crippen molar-refractivity contribution in [2.24, 2.45) is 5.92 Å². The molecule has 1 aliphatic heterocycles. The highest BCUT2D eigenvalue weighted by atomic mass is 32.2. The highest BCUT2D eigenvalue weighted by Gasteiger charge is 2.37. The number of amides is 1. The molecule has 1 saturated heterocycles. The van der Waals surface area contributed by atoms with Crippen molar-refractivity contribution in [2.75, 3.05) is 13.1 Å². The second-order valence-electron chi connectivity index (χ2n) is 9.70. The van der Waals surface area contributed by atoms with E-state index in [1.165, 1.54) is 10.7 Å². The molecule has 0 spiro atoms. The van der Waals surface area contributed by atoms with Crippen LogP contribution < -0.4 is 5.32 Å². The van der Waals surface area contributed by atoms with E-state index in [4.69, 9.17) is 4.52 Å². The van der Waals surface area contributed by atoms with Gasteiger partial charge in [0.1, 0.15) is 5.69 Å².